The molecule has 0 aliphatic carbocycles. The van der Waals surface area contributed by atoms with Crippen molar-refractivity contribution in [1.29, 1.82) is 0 Å². The van der Waals surface area contributed by atoms with Crippen LogP contribution in [0.4, 0.5) is 0 Å². The van der Waals surface area contributed by atoms with Crippen LogP contribution in [0.25, 0.3) is 0 Å². The predicted octanol–water partition coefficient (Wildman–Crippen LogP) is 1.40. The molecule has 1 aliphatic rings. The Morgan fingerprint density at radius 1 is 1.57 bits per heavy atom. The van der Waals surface area contributed by atoms with Gasteiger partial charge in [-0.1, -0.05) is 6.07 Å². The summed E-state index contributed by atoms with van der Waals surface area (Å²) in [5.74, 6) is 0.0747. The average molecular weight is 312 g/mol. The molecule has 1 aliphatic heterocycles. The van der Waals surface area contributed by atoms with Gasteiger partial charge in [0.1, 0.15) is 0 Å². The number of piperidine rings is 1. The first-order chi connectivity index (χ1) is 10.2. The van der Waals surface area contributed by atoms with Crippen LogP contribution in [0.2, 0.25) is 0 Å². The quantitative estimate of drug-likeness (QED) is 0.799. The normalized spacial score (nSPS) is 18.6. The monoisotopic (exact) mass is 312 g/mol. The molecule has 1 fully saturated rings. The van der Waals surface area contributed by atoms with E-state index in [0.29, 0.717) is 13.2 Å². The first-order valence-corrected chi connectivity index (χ1v) is 8.34. The number of carbonyl (C=O) groups is 1. The van der Waals surface area contributed by atoms with E-state index in [4.69, 9.17) is 9.84 Å². The third-order valence-corrected chi connectivity index (χ3v) is 4.75. The van der Waals surface area contributed by atoms with Crippen LogP contribution in [0.1, 0.15) is 30.7 Å². The van der Waals surface area contributed by atoms with E-state index in [2.05, 4.69) is 10.2 Å². The maximum atomic E-state index is 12.1. The van der Waals surface area contributed by atoms with E-state index in [0.717, 1.165) is 25.9 Å². The fourth-order valence-corrected chi connectivity index (χ4v) is 3.29. The number of hydrogen-bond donors (Lipinski definition) is 2. The molecule has 1 atom stereocenters. The van der Waals surface area contributed by atoms with Crippen molar-refractivity contribution in [1.82, 2.24) is 10.2 Å². The molecule has 2 N–H and O–H groups in total. The molecule has 1 aromatic heterocycles. The summed E-state index contributed by atoms with van der Waals surface area (Å²) >= 11 is 1.66. The first kappa shape index (κ1) is 16.4. The van der Waals surface area contributed by atoms with Gasteiger partial charge in [-0.25, -0.2) is 0 Å². The summed E-state index contributed by atoms with van der Waals surface area (Å²) in [6.07, 6.45) is 2.07. The SMILES string of the molecule is CC(NC(=O)CN1CCC(OCCO)CC1)c1cccs1. The minimum Gasteiger partial charge on any atom is -0.394 e. The van der Waals surface area contributed by atoms with Crippen molar-refractivity contribution in [3.05, 3.63) is 22.4 Å². The second kappa shape index (κ2) is 8.48. The van der Waals surface area contributed by atoms with Crippen molar-refractivity contribution in [2.45, 2.75) is 31.9 Å². The van der Waals surface area contributed by atoms with Crippen LogP contribution in [-0.4, -0.2) is 54.9 Å². The Labute approximate surface area is 129 Å². The molecule has 0 bridgehead atoms. The lowest BCUT2D eigenvalue weighted by molar-refractivity contribution is -0.123. The van der Waals surface area contributed by atoms with E-state index in [1.54, 1.807) is 11.3 Å². The number of thiophene rings is 1. The molecule has 6 heteroatoms. The summed E-state index contributed by atoms with van der Waals surface area (Å²) in [5.41, 5.74) is 0. The highest BCUT2D eigenvalue weighted by Gasteiger charge is 2.21. The van der Waals surface area contributed by atoms with Gasteiger partial charge in [0.25, 0.3) is 0 Å². The fourth-order valence-electron chi connectivity index (χ4n) is 2.55. The molecule has 1 saturated heterocycles. The molecule has 1 amide bonds. The molecule has 21 heavy (non-hydrogen) atoms. The Balaban J connectivity index is 1.67. The Morgan fingerprint density at radius 2 is 2.33 bits per heavy atom. The highest BCUT2D eigenvalue weighted by Crippen LogP contribution is 2.18. The third kappa shape index (κ3) is 5.39. The molecule has 1 aromatic rings. The largest absolute Gasteiger partial charge is 0.394 e. The van der Waals surface area contributed by atoms with Gasteiger partial charge in [0, 0.05) is 18.0 Å². The summed E-state index contributed by atoms with van der Waals surface area (Å²) in [6.45, 7) is 4.68. The number of amides is 1. The number of nitrogens with zero attached hydrogens (tertiary/aromatic N) is 1. The number of carbonyl (C=O) groups excluding carboxylic acids is 1. The van der Waals surface area contributed by atoms with Crippen LogP contribution < -0.4 is 5.32 Å². The van der Waals surface area contributed by atoms with Crippen molar-refractivity contribution < 1.29 is 14.6 Å². The second-order valence-corrected chi connectivity index (χ2v) is 6.35. The van der Waals surface area contributed by atoms with Gasteiger partial charge >= 0.3 is 0 Å². The van der Waals surface area contributed by atoms with Gasteiger partial charge in [-0.2, -0.15) is 0 Å². The van der Waals surface area contributed by atoms with Crippen molar-refractivity contribution in [3.8, 4) is 0 Å². The van der Waals surface area contributed by atoms with Crippen molar-refractivity contribution in [2.24, 2.45) is 0 Å². The number of nitrogens with one attached hydrogen (secondary N) is 1. The molecule has 1 unspecified atom stereocenters. The summed E-state index contributed by atoms with van der Waals surface area (Å²) in [4.78, 5) is 15.4. The van der Waals surface area contributed by atoms with E-state index in [1.807, 2.05) is 24.4 Å². The zero-order valence-corrected chi connectivity index (χ0v) is 13.3. The van der Waals surface area contributed by atoms with E-state index in [1.165, 1.54) is 4.88 Å². The maximum Gasteiger partial charge on any atom is 0.234 e. The highest BCUT2D eigenvalue weighted by atomic mass is 32.1. The number of ether oxygens (including phenoxy) is 1. The summed E-state index contributed by atoms with van der Waals surface area (Å²) in [5, 5.41) is 13.8. The fraction of sp³-hybridized carbons (Fsp3) is 0.667. The molecule has 0 saturated carbocycles. The molecule has 118 valence electrons. The van der Waals surface area contributed by atoms with Crippen LogP contribution in [0, 0.1) is 0 Å². The zero-order chi connectivity index (χ0) is 15.1. The molecule has 5 nitrogen and oxygen atoms in total. The van der Waals surface area contributed by atoms with E-state index in [-0.39, 0.29) is 24.7 Å². The molecular weight excluding hydrogens is 288 g/mol. The zero-order valence-electron chi connectivity index (χ0n) is 12.5. The van der Waals surface area contributed by atoms with Crippen LogP contribution >= 0.6 is 11.3 Å². The lowest BCUT2D eigenvalue weighted by Gasteiger charge is -2.31. The Bertz CT molecular complexity index is 417. The molecule has 0 radical (unpaired) electrons. The standard InChI is InChI=1S/C15H24N2O3S/c1-12(14-3-2-10-21-14)16-15(19)11-17-6-4-13(5-7-17)20-9-8-18/h2-3,10,12-13,18H,4-9,11H2,1H3,(H,16,19). The van der Waals surface area contributed by atoms with Gasteiger partial charge in [-0.15, -0.1) is 11.3 Å². The van der Waals surface area contributed by atoms with Gasteiger partial charge in [-0.3, -0.25) is 9.69 Å². The molecule has 2 heterocycles. The number of hydrogen-bond acceptors (Lipinski definition) is 5. The Kier molecular flexibility index (Phi) is 6.63. The molecule has 0 aromatic carbocycles. The summed E-state index contributed by atoms with van der Waals surface area (Å²) in [6, 6.07) is 4.11. The van der Waals surface area contributed by atoms with Gasteiger partial charge in [0.2, 0.25) is 5.91 Å². The number of aliphatic hydroxyl groups is 1. The topological polar surface area (TPSA) is 61.8 Å². The second-order valence-electron chi connectivity index (χ2n) is 5.37. The summed E-state index contributed by atoms with van der Waals surface area (Å²) < 4.78 is 5.52. The average Bonchev–Trinajstić information content (AvgIpc) is 3.01. The highest BCUT2D eigenvalue weighted by molar-refractivity contribution is 7.10. The first-order valence-electron chi connectivity index (χ1n) is 7.46. The number of aliphatic hydroxyl groups excluding tert-OH is 1. The Hall–Kier alpha value is -0.950. The maximum absolute atomic E-state index is 12.1. The van der Waals surface area contributed by atoms with Gasteiger partial charge in [-0.05, 0) is 31.2 Å². The number of likely N-dealkylation sites (tertiary alicyclic amines) is 1. The van der Waals surface area contributed by atoms with Gasteiger partial charge in [0.15, 0.2) is 0 Å². The minimum atomic E-state index is 0.0722. The Morgan fingerprint density at radius 3 is 2.95 bits per heavy atom. The minimum absolute atomic E-state index is 0.0722. The molecule has 2 rings (SSSR count). The van der Waals surface area contributed by atoms with E-state index >= 15 is 0 Å². The lowest BCUT2D eigenvalue weighted by atomic mass is 10.1. The van der Waals surface area contributed by atoms with Crippen LogP contribution in [0.15, 0.2) is 17.5 Å². The smallest absolute Gasteiger partial charge is 0.234 e. The van der Waals surface area contributed by atoms with Crippen molar-refractivity contribution in [3.63, 3.8) is 0 Å². The van der Waals surface area contributed by atoms with E-state index in [9.17, 15) is 4.79 Å². The van der Waals surface area contributed by atoms with Gasteiger partial charge in [0.05, 0.1) is 31.9 Å². The van der Waals surface area contributed by atoms with Crippen LogP contribution in [-0.2, 0) is 9.53 Å². The predicted molar refractivity (Wildman–Crippen MR) is 83.4 cm³/mol. The lowest BCUT2D eigenvalue weighted by Crippen LogP contribution is -2.43. The molecule has 0 spiro atoms. The van der Waals surface area contributed by atoms with Crippen LogP contribution in [0.5, 0.6) is 0 Å². The van der Waals surface area contributed by atoms with Crippen molar-refractivity contribution in [2.75, 3.05) is 32.8 Å². The number of rotatable bonds is 7. The van der Waals surface area contributed by atoms with Crippen molar-refractivity contribution >= 4 is 17.2 Å². The molecular formula is C15H24N2O3S. The summed E-state index contributed by atoms with van der Waals surface area (Å²) in [7, 11) is 0. The van der Waals surface area contributed by atoms with Gasteiger partial charge < -0.3 is 15.2 Å². The van der Waals surface area contributed by atoms with Crippen LogP contribution in [0.3, 0.4) is 0 Å². The van der Waals surface area contributed by atoms with E-state index < -0.39 is 0 Å². The third-order valence-electron chi connectivity index (χ3n) is 3.69.